The van der Waals surface area contributed by atoms with E-state index < -0.39 is 0 Å². The number of carbonyl (C=O) groups is 1. The van der Waals surface area contributed by atoms with Gasteiger partial charge in [0.2, 0.25) is 0 Å². The van der Waals surface area contributed by atoms with E-state index in [-0.39, 0.29) is 5.91 Å². The van der Waals surface area contributed by atoms with Gasteiger partial charge in [-0.05, 0) is 38.0 Å². The molecule has 0 spiro atoms. The van der Waals surface area contributed by atoms with E-state index in [2.05, 4.69) is 6.92 Å². The highest BCUT2D eigenvalue weighted by molar-refractivity contribution is 6.33. The minimum atomic E-state index is 0.0188. The fraction of sp³-hybridized carbons (Fsp3) is 0.462. The van der Waals surface area contributed by atoms with Gasteiger partial charge in [-0.3, -0.25) is 4.79 Å². The minimum Gasteiger partial charge on any atom is -0.339 e. The Kier molecular flexibility index (Phi) is 4.81. The lowest BCUT2D eigenvalue weighted by Gasteiger charge is -2.19. The molecule has 0 saturated carbocycles. The van der Waals surface area contributed by atoms with Crippen LogP contribution in [0.1, 0.15) is 36.7 Å². The molecule has 16 heavy (non-hydrogen) atoms. The van der Waals surface area contributed by atoms with Crippen molar-refractivity contribution in [2.75, 3.05) is 13.1 Å². The molecular weight excluding hydrogens is 222 g/mol. The fourth-order valence-corrected chi connectivity index (χ4v) is 1.84. The summed E-state index contributed by atoms with van der Waals surface area (Å²) in [6.07, 6.45) is 0.912. The summed E-state index contributed by atoms with van der Waals surface area (Å²) in [5.41, 5.74) is 1.75. The zero-order valence-electron chi connectivity index (χ0n) is 10.1. The topological polar surface area (TPSA) is 20.3 Å². The molecule has 88 valence electrons. The fourth-order valence-electron chi connectivity index (χ4n) is 1.64. The second-order valence-corrected chi connectivity index (χ2v) is 4.05. The van der Waals surface area contributed by atoms with Crippen molar-refractivity contribution in [1.29, 1.82) is 0 Å². The largest absolute Gasteiger partial charge is 0.339 e. The van der Waals surface area contributed by atoms with Crippen molar-refractivity contribution in [3.8, 4) is 0 Å². The summed E-state index contributed by atoms with van der Waals surface area (Å²) in [7, 11) is 0. The number of benzene rings is 1. The third-order valence-electron chi connectivity index (χ3n) is 2.72. The summed E-state index contributed by atoms with van der Waals surface area (Å²) in [5, 5.41) is 0.536. The van der Waals surface area contributed by atoms with Crippen LogP contribution in [0.4, 0.5) is 0 Å². The lowest BCUT2D eigenvalue weighted by Crippen LogP contribution is -2.30. The summed E-state index contributed by atoms with van der Waals surface area (Å²) in [6.45, 7) is 7.43. The first-order chi connectivity index (χ1) is 7.63. The second kappa shape index (κ2) is 5.90. The number of nitrogens with zero attached hydrogens (tertiary/aromatic N) is 1. The van der Waals surface area contributed by atoms with Gasteiger partial charge in [0.05, 0.1) is 10.6 Å². The molecule has 3 heteroatoms. The van der Waals surface area contributed by atoms with Crippen LogP contribution in [-0.4, -0.2) is 23.9 Å². The Balaban J connectivity index is 3.06. The average molecular weight is 240 g/mol. The summed E-state index contributed by atoms with van der Waals surface area (Å²) >= 11 is 6.06. The lowest BCUT2D eigenvalue weighted by atomic mass is 10.1. The Morgan fingerprint density at radius 3 is 2.38 bits per heavy atom. The Morgan fingerprint density at radius 2 is 1.88 bits per heavy atom. The molecule has 1 amide bonds. The average Bonchev–Trinajstić information content (AvgIpc) is 2.31. The predicted octanol–water partition coefficient (Wildman–Crippen LogP) is 3.38. The smallest absolute Gasteiger partial charge is 0.255 e. The third kappa shape index (κ3) is 2.76. The maximum absolute atomic E-state index is 12.1. The zero-order chi connectivity index (χ0) is 12.1. The molecule has 0 N–H and O–H groups in total. The van der Waals surface area contributed by atoms with Gasteiger partial charge in [-0.1, -0.05) is 24.6 Å². The monoisotopic (exact) mass is 239 g/mol. The summed E-state index contributed by atoms with van der Waals surface area (Å²) in [5.74, 6) is 0.0188. The molecule has 1 aromatic rings. The Labute approximate surface area is 102 Å². The Bertz CT molecular complexity index is 372. The van der Waals surface area contributed by atoms with Crippen LogP contribution in [0.2, 0.25) is 5.02 Å². The molecular formula is C13H18ClNO. The molecule has 0 bridgehead atoms. The maximum atomic E-state index is 12.1. The number of rotatable bonds is 4. The molecule has 0 aliphatic rings. The van der Waals surface area contributed by atoms with Gasteiger partial charge in [-0.25, -0.2) is 0 Å². The number of hydrogen-bond donors (Lipinski definition) is 0. The van der Waals surface area contributed by atoms with Gasteiger partial charge in [0.15, 0.2) is 0 Å². The van der Waals surface area contributed by atoms with Gasteiger partial charge < -0.3 is 4.90 Å². The summed E-state index contributed by atoms with van der Waals surface area (Å²) in [4.78, 5) is 13.9. The van der Waals surface area contributed by atoms with E-state index in [4.69, 9.17) is 11.6 Å². The number of hydrogen-bond acceptors (Lipinski definition) is 1. The Morgan fingerprint density at radius 1 is 1.25 bits per heavy atom. The second-order valence-electron chi connectivity index (χ2n) is 3.65. The van der Waals surface area contributed by atoms with Gasteiger partial charge in [0, 0.05) is 13.1 Å². The molecule has 0 fully saturated rings. The lowest BCUT2D eigenvalue weighted by molar-refractivity contribution is 0.0773. The third-order valence-corrected chi connectivity index (χ3v) is 3.05. The van der Waals surface area contributed by atoms with Gasteiger partial charge in [0.1, 0.15) is 0 Å². The molecule has 1 aromatic carbocycles. The van der Waals surface area contributed by atoms with E-state index in [1.165, 1.54) is 0 Å². The van der Waals surface area contributed by atoms with Crippen molar-refractivity contribution in [2.45, 2.75) is 27.2 Å². The van der Waals surface area contributed by atoms with Gasteiger partial charge in [-0.15, -0.1) is 0 Å². The molecule has 0 aliphatic carbocycles. The molecule has 0 aliphatic heterocycles. The van der Waals surface area contributed by atoms with Crippen LogP contribution in [0.3, 0.4) is 0 Å². The molecule has 0 unspecified atom stereocenters. The van der Waals surface area contributed by atoms with Crippen LogP contribution >= 0.6 is 11.6 Å². The highest BCUT2D eigenvalue weighted by Gasteiger charge is 2.15. The molecule has 0 radical (unpaired) electrons. The van der Waals surface area contributed by atoms with Crippen LogP contribution in [0.25, 0.3) is 0 Å². The molecule has 0 saturated heterocycles. The molecule has 1 rings (SSSR count). The van der Waals surface area contributed by atoms with Gasteiger partial charge in [0.25, 0.3) is 5.91 Å². The zero-order valence-corrected chi connectivity index (χ0v) is 10.8. The van der Waals surface area contributed by atoms with Crippen LogP contribution in [0.15, 0.2) is 18.2 Å². The van der Waals surface area contributed by atoms with E-state index in [0.717, 1.165) is 12.0 Å². The van der Waals surface area contributed by atoms with Crippen LogP contribution in [0, 0.1) is 0 Å². The van der Waals surface area contributed by atoms with Crippen molar-refractivity contribution in [3.63, 3.8) is 0 Å². The van der Waals surface area contributed by atoms with Crippen molar-refractivity contribution in [3.05, 3.63) is 34.3 Å². The number of halogens is 1. The first-order valence-corrected chi connectivity index (χ1v) is 6.09. The first kappa shape index (κ1) is 13.0. The van der Waals surface area contributed by atoms with E-state index in [1.54, 1.807) is 11.0 Å². The highest BCUT2D eigenvalue weighted by Crippen LogP contribution is 2.19. The van der Waals surface area contributed by atoms with Gasteiger partial charge in [-0.2, -0.15) is 0 Å². The maximum Gasteiger partial charge on any atom is 0.255 e. The first-order valence-electron chi connectivity index (χ1n) is 5.71. The van der Waals surface area contributed by atoms with Crippen LogP contribution < -0.4 is 0 Å². The van der Waals surface area contributed by atoms with E-state index in [9.17, 15) is 4.79 Å². The number of carbonyl (C=O) groups excluding carboxylic acids is 1. The van der Waals surface area contributed by atoms with Crippen molar-refractivity contribution in [1.82, 2.24) is 4.90 Å². The highest BCUT2D eigenvalue weighted by atomic mass is 35.5. The van der Waals surface area contributed by atoms with Gasteiger partial charge >= 0.3 is 0 Å². The molecule has 0 heterocycles. The molecule has 0 aromatic heterocycles. The molecule has 2 nitrogen and oxygen atoms in total. The minimum absolute atomic E-state index is 0.0188. The summed E-state index contributed by atoms with van der Waals surface area (Å²) in [6, 6.07) is 5.65. The molecule has 0 atom stereocenters. The predicted molar refractivity (Wildman–Crippen MR) is 68.1 cm³/mol. The van der Waals surface area contributed by atoms with Crippen molar-refractivity contribution in [2.24, 2.45) is 0 Å². The standard InChI is InChI=1S/C13H18ClNO/c1-4-10-7-8-12(14)11(9-10)13(16)15(5-2)6-3/h7-9H,4-6H2,1-3H3. The quantitative estimate of drug-likeness (QED) is 0.789. The Hall–Kier alpha value is -1.02. The number of amides is 1. The van der Waals surface area contributed by atoms with Crippen molar-refractivity contribution >= 4 is 17.5 Å². The van der Waals surface area contributed by atoms with E-state index in [0.29, 0.717) is 23.7 Å². The van der Waals surface area contributed by atoms with E-state index in [1.807, 2.05) is 26.0 Å². The van der Waals surface area contributed by atoms with Crippen LogP contribution in [-0.2, 0) is 6.42 Å². The SMILES string of the molecule is CCc1ccc(Cl)c(C(=O)N(CC)CC)c1. The number of aryl methyl sites for hydroxylation is 1. The summed E-state index contributed by atoms with van der Waals surface area (Å²) < 4.78 is 0. The van der Waals surface area contributed by atoms with Crippen molar-refractivity contribution < 1.29 is 4.79 Å². The van der Waals surface area contributed by atoms with Crippen LogP contribution in [0.5, 0.6) is 0 Å². The normalized spacial score (nSPS) is 10.2. The van der Waals surface area contributed by atoms with E-state index >= 15 is 0 Å².